The highest BCUT2D eigenvalue weighted by molar-refractivity contribution is 5.76. The van der Waals surface area contributed by atoms with Crippen LogP contribution in [0.5, 0.6) is 0 Å². The number of benzene rings is 1. The third kappa shape index (κ3) is 3.04. The van der Waals surface area contributed by atoms with Gasteiger partial charge in [0.2, 0.25) is 0 Å². The van der Waals surface area contributed by atoms with Crippen LogP contribution in [0.15, 0.2) is 18.2 Å². The van der Waals surface area contributed by atoms with Crippen LogP contribution < -0.4 is 4.90 Å². The lowest BCUT2D eigenvalue weighted by atomic mass is 10.1. The molecule has 1 fully saturated rings. The molecule has 1 N–H and O–H groups in total. The van der Waals surface area contributed by atoms with E-state index in [2.05, 4.69) is 4.74 Å². The molecule has 1 aromatic carbocycles. The monoisotopic (exact) mass is 267 g/mol. The molecule has 0 aliphatic carbocycles. The Morgan fingerprint density at radius 3 is 2.63 bits per heavy atom. The van der Waals surface area contributed by atoms with Crippen molar-refractivity contribution < 1.29 is 19.0 Å². The number of nitrogens with zero attached hydrogens (tertiary/aromatic N) is 1. The Hall–Kier alpha value is -1.62. The van der Waals surface area contributed by atoms with Crippen molar-refractivity contribution in [1.82, 2.24) is 0 Å². The molecule has 0 radical (unpaired) electrons. The van der Waals surface area contributed by atoms with Crippen LogP contribution in [0.3, 0.4) is 0 Å². The Bertz CT molecular complexity index is 458. The number of piperidine rings is 1. The molecule has 0 aromatic heterocycles. The third-order valence-electron chi connectivity index (χ3n) is 3.41. The first kappa shape index (κ1) is 13.8. The van der Waals surface area contributed by atoms with Gasteiger partial charge in [0.15, 0.2) is 6.10 Å². The summed E-state index contributed by atoms with van der Waals surface area (Å²) in [5.41, 5.74) is 0.741. The Balaban J connectivity index is 2.19. The SMILES string of the molecule is COC(=O)C(O)c1ccc(N2CCCCC2)c(F)c1. The number of esters is 1. The largest absolute Gasteiger partial charge is 0.467 e. The third-order valence-corrected chi connectivity index (χ3v) is 3.41. The number of methoxy groups -OCH3 is 1. The number of ether oxygens (including phenoxy) is 1. The van der Waals surface area contributed by atoms with E-state index < -0.39 is 17.9 Å². The predicted octanol–water partition coefficient (Wildman–Crippen LogP) is 2.02. The molecule has 0 spiro atoms. The number of anilines is 1. The van der Waals surface area contributed by atoms with Gasteiger partial charge < -0.3 is 14.7 Å². The molecule has 0 bridgehead atoms. The maximum Gasteiger partial charge on any atom is 0.339 e. The second-order valence-corrected chi connectivity index (χ2v) is 4.68. The van der Waals surface area contributed by atoms with Gasteiger partial charge in [-0.2, -0.15) is 0 Å². The van der Waals surface area contributed by atoms with Crippen molar-refractivity contribution in [1.29, 1.82) is 0 Å². The highest BCUT2D eigenvalue weighted by Crippen LogP contribution is 2.26. The predicted molar refractivity (Wildman–Crippen MR) is 69.4 cm³/mol. The van der Waals surface area contributed by atoms with Gasteiger partial charge in [0, 0.05) is 13.1 Å². The number of hydrogen-bond donors (Lipinski definition) is 1. The fraction of sp³-hybridized carbons (Fsp3) is 0.500. The van der Waals surface area contributed by atoms with Crippen LogP contribution in [0.25, 0.3) is 0 Å². The Morgan fingerprint density at radius 1 is 1.37 bits per heavy atom. The van der Waals surface area contributed by atoms with Crippen molar-refractivity contribution in [2.45, 2.75) is 25.4 Å². The van der Waals surface area contributed by atoms with Crippen molar-refractivity contribution >= 4 is 11.7 Å². The summed E-state index contributed by atoms with van der Waals surface area (Å²) in [5.74, 6) is -1.20. The van der Waals surface area contributed by atoms with Crippen LogP contribution in [0.4, 0.5) is 10.1 Å². The van der Waals surface area contributed by atoms with Gasteiger partial charge in [-0.15, -0.1) is 0 Å². The number of rotatable bonds is 3. The van der Waals surface area contributed by atoms with E-state index in [1.807, 2.05) is 4.90 Å². The first-order valence-corrected chi connectivity index (χ1v) is 6.44. The first-order chi connectivity index (χ1) is 9.13. The lowest BCUT2D eigenvalue weighted by Crippen LogP contribution is -2.30. The molecule has 0 amide bonds. The summed E-state index contributed by atoms with van der Waals surface area (Å²) < 4.78 is 18.5. The molecule has 2 rings (SSSR count). The minimum Gasteiger partial charge on any atom is -0.467 e. The topological polar surface area (TPSA) is 49.8 Å². The number of hydrogen-bond acceptors (Lipinski definition) is 4. The van der Waals surface area contributed by atoms with Gasteiger partial charge in [0.1, 0.15) is 5.82 Å². The molecule has 0 saturated carbocycles. The molecule has 1 aromatic rings. The maximum atomic E-state index is 14.1. The summed E-state index contributed by atoms with van der Waals surface area (Å²) in [6.45, 7) is 1.69. The molecule has 1 aliphatic heterocycles. The van der Waals surface area contributed by atoms with Crippen molar-refractivity contribution in [2.75, 3.05) is 25.1 Å². The Morgan fingerprint density at radius 2 is 2.05 bits per heavy atom. The molecular formula is C14H18FNO3. The molecule has 104 valence electrons. The van der Waals surface area contributed by atoms with Gasteiger partial charge in [0.25, 0.3) is 0 Å². The molecule has 4 nitrogen and oxygen atoms in total. The number of aliphatic hydroxyl groups is 1. The number of halogens is 1. The number of carbonyl (C=O) groups excluding carboxylic acids is 1. The normalized spacial score (nSPS) is 17.1. The van der Waals surface area contributed by atoms with E-state index in [0.717, 1.165) is 25.9 Å². The average molecular weight is 267 g/mol. The summed E-state index contributed by atoms with van der Waals surface area (Å²) in [4.78, 5) is 13.2. The summed E-state index contributed by atoms with van der Waals surface area (Å²) in [6.07, 6.45) is 1.87. The summed E-state index contributed by atoms with van der Waals surface area (Å²) in [5, 5.41) is 9.66. The molecular weight excluding hydrogens is 249 g/mol. The van der Waals surface area contributed by atoms with E-state index in [9.17, 15) is 14.3 Å². The summed E-state index contributed by atoms with van der Waals surface area (Å²) in [6, 6.07) is 4.38. The highest BCUT2D eigenvalue weighted by atomic mass is 19.1. The molecule has 1 unspecified atom stereocenters. The minimum absolute atomic E-state index is 0.213. The molecule has 1 aliphatic rings. The van der Waals surface area contributed by atoms with Gasteiger partial charge >= 0.3 is 5.97 Å². The standard InChI is InChI=1S/C14H18FNO3/c1-19-14(18)13(17)10-5-6-12(11(15)9-10)16-7-3-2-4-8-16/h5-6,9,13,17H,2-4,7-8H2,1H3. The minimum atomic E-state index is -1.44. The lowest BCUT2D eigenvalue weighted by molar-refractivity contribution is -0.150. The average Bonchev–Trinajstić information content (AvgIpc) is 2.46. The van der Waals surface area contributed by atoms with Crippen LogP contribution in [0.2, 0.25) is 0 Å². The molecule has 1 heterocycles. The van der Waals surface area contributed by atoms with Gasteiger partial charge in [-0.25, -0.2) is 9.18 Å². The lowest BCUT2D eigenvalue weighted by Gasteiger charge is -2.29. The van der Waals surface area contributed by atoms with E-state index >= 15 is 0 Å². The number of carbonyl (C=O) groups is 1. The van der Waals surface area contributed by atoms with Gasteiger partial charge in [-0.3, -0.25) is 0 Å². The van der Waals surface area contributed by atoms with E-state index in [-0.39, 0.29) is 5.56 Å². The zero-order chi connectivity index (χ0) is 13.8. The summed E-state index contributed by atoms with van der Waals surface area (Å²) >= 11 is 0. The highest BCUT2D eigenvalue weighted by Gasteiger charge is 2.21. The van der Waals surface area contributed by atoms with Gasteiger partial charge in [-0.1, -0.05) is 6.07 Å². The Labute approximate surface area is 111 Å². The molecule has 5 heteroatoms. The zero-order valence-corrected chi connectivity index (χ0v) is 10.9. The van der Waals surface area contributed by atoms with Gasteiger partial charge in [-0.05, 0) is 37.0 Å². The molecule has 19 heavy (non-hydrogen) atoms. The zero-order valence-electron chi connectivity index (χ0n) is 10.9. The van der Waals surface area contributed by atoms with Crippen LogP contribution in [0.1, 0.15) is 30.9 Å². The fourth-order valence-corrected chi connectivity index (χ4v) is 2.33. The van der Waals surface area contributed by atoms with Gasteiger partial charge in [0.05, 0.1) is 12.8 Å². The second kappa shape index (κ2) is 6.02. The first-order valence-electron chi connectivity index (χ1n) is 6.44. The van der Waals surface area contributed by atoms with Crippen LogP contribution in [-0.2, 0) is 9.53 Å². The van der Waals surface area contributed by atoms with E-state index in [1.54, 1.807) is 12.1 Å². The molecule has 1 atom stereocenters. The van der Waals surface area contributed by atoms with Crippen molar-refractivity contribution in [2.24, 2.45) is 0 Å². The fourth-order valence-electron chi connectivity index (χ4n) is 2.33. The van der Waals surface area contributed by atoms with Crippen LogP contribution in [0, 0.1) is 5.82 Å². The van der Waals surface area contributed by atoms with Crippen molar-refractivity contribution in [3.63, 3.8) is 0 Å². The summed E-state index contributed by atoms with van der Waals surface area (Å²) in [7, 11) is 1.18. The van der Waals surface area contributed by atoms with Crippen LogP contribution in [-0.4, -0.2) is 31.3 Å². The maximum absolute atomic E-state index is 14.1. The second-order valence-electron chi connectivity index (χ2n) is 4.68. The van der Waals surface area contributed by atoms with E-state index in [0.29, 0.717) is 5.69 Å². The van der Waals surface area contributed by atoms with Crippen molar-refractivity contribution in [3.8, 4) is 0 Å². The van der Waals surface area contributed by atoms with E-state index in [1.165, 1.54) is 19.6 Å². The Kier molecular flexibility index (Phi) is 4.37. The van der Waals surface area contributed by atoms with E-state index in [4.69, 9.17) is 0 Å². The number of aliphatic hydroxyl groups excluding tert-OH is 1. The quantitative estimate of drug-likeness (QED) is 0.851. The van der Waals surface area contributed by atoms with Crippen molar-refractivity contribution in [3.05, 3.63) is 29.6 Å². The van der Waals surface area contributed by atoms with Crippen LogP contribution >= 0.6 is 0 Å². The molecule has 1 saturated heterocycles. The smallest absolute Gasteiger partial charge is 0.339 e.